The van der Waals surface area contributed by atoms with E-state index in [2.05, 4.69) is 10.6 Å². The Kier molecular flexibility index (Phi) is 4.65. The zero-order valence-corrected chi connectivity index (χ0v) is 12.3. The van der Waals surface area contributed by atoms with Crippen molar-refractivity contribution in [3.8, 4) is 0 Å². The molecule has 2 N–H and O–H groups in total. The van der Waals surface area contributed by atoms with Gasteiger partial charge < -0.3 is 10.6 Å². The molecule has 0 bridgehead atoms. The van der Waals surface area contributed by atoms with E-state index in [1.165, 1.54) is 0 Å². The lowest BCUT2D eigenvalue weighted by Gasteiger charge is -2.21. The molecule has 0 radical (unpaired) electrons. The topological polar surface area (TPSA) is 58.2 Å². The molecule has 1 aliphatic rings. The summed E-state index contributed by atoms with van der Waals surface area (Å²) in [6.45, 7) is 1.96. The van der Waals surface area contributed by atoms with E-state index >= 15 is 0 Å². The number of nitrogens with one attached hydrogen (secondary N) is 2. The maximum absolute atomic E-state index is 12.1. The van der Waals surface area contributed by atoms with Crippen molar-refractivity contribution >= 4 is 29.1 Å². The van der Waals surface area contributed by atoms with Crippen LogP contribution in [0.3, 0.4) is 0 Å². The van der Waals surface area contributed by atoms with Gasteiger partial charge in [0.1, 0.15) is 0 Å². The van der Waals surface area contributed by atoms with Gasteiger partial charge in [0.15, 0.2) is 0 Å². The highest BCUT2D eigenvalue weighted by molar-refractivity contribution is 6.30. The Balaban J connectivity index is 1.80. The van der Waals surface area contributed by atoms with E-state index in [1.807, 2.05) is 6.92 Å². The van der Waals surface area contributed by atoms with Gasteiger partial charge in [0.05, 0.1) is 6.54 Å². The summed E-state index contributed by atoms with van der Waals surface area (Å²) in [5.41, 5.74) is 0.362. The lowest BCUT2D eigenvalue weighted by Crippen LogP contribution is -2.41. The van der Waals surface area contributed by atoms with E-state index in [0.717, 1.165) is 25.7 Å². The standard InChI is InChI=1S/C15H19ClN2O2/c1-15(8-2-3-9-15)14(20)17-10-13(19)18-12-6-4-11(16)5-7-12/h4-7H,2-3,8-10H2,1H3,(H,17,20)(H,18,19). The Bertz CT molecular complexity index is 493. The molecule has 0 atom stereocenters. The fourth-order valence-electron chi connectivity index (χ4n) is 2.49. The van der Waals surface area contributed by atoms with Gasteiger partial charge in [-0.3, -0.25) is 9.59 Å². The molecular formula is C15H19ClN2O2. The number of halogens is 1. The molecular weight excluding hydrogens is 276 g/mol. The Hall–Kier alpha value is -1.55. The molecule has 1 aliphatic carbocycles. The molecule has 1 aromatic carbocycles. The zero-order valence-electron chi connectivity index (χ0n) is 11.5. The summed E-state index contributed by atoms with van der Waals surface area (Å²) in [5.74, 6) is -0.261. The number of anilines is 1. The van der Waals surface area contributed by atoms with Gasteiger partial charge in [0, 0.05) is 16.1 Å². The molecule has 2 rings (SSSR count). The normalized spacial score (nSPS) is 16.7. The highest BCUT2D eigenvalue weighted by atomic mass is 35.5. The fourth-order valence-corrected chi connectivity index (χ4v) is 2.62. The first-order valence-corrected chi connectivity index (χ1v) is 7.21. The third kappa shape index (κ3) is 3.73. The Morgan fingerprint density at radius 3 is 2.40 bits per heavy atom. The van der Waals surface area contributed by atoms with E-state index in [0.29, 0.717) is 10.7 Å². The molecule has 0 heterocycles. The highest BCUT2D eigenvalue weighted by Crippen LogP contribution is 2.37. The van der Waals surface area contributed by atoms with E-state index in [4.69, 9.17) is 11.6 Å². The lowest BCUT2D eigenvalue weighted by atomic mass is 9.88. The van der Waals surface area contributed by atoms with Crippen LogP contribution in [0.25, 0.3) is 0 Å². The molecule has 0 unspecified atom stereocenters. The van der Waals surface area contributed by atoms with Crippen LogP contribution in [0.4, 0.5) is 5.69 Å². The van der Waals surface area contributed by atoms with Crippen molar-refractivity contribution in [2.75, 3.05) is 11.9 Å². The molecule has 20 heavy (non-hydrogen) atoms. The molecule has 0 spiro atoms. The number of carbonyl (C=O) groups is 2. The van der Waals surface area contributed by atoms with Gasteiger partial charge in [0.25, 0.3) is 0 Å². The van der Waals surface area contributed by atoms with E-state index in [9.17, 15) is 9.59 Å². The summed E-state index contributed by atoms with van der Waals surface area (Å²) in [6, 6.07) is 6.85. The van der Waals surface area contributed by atoms with Crippen LogP contribution in [0.15, 0.2) is 24.3 Å². The van der Waals surface area contributed by atoms with Crippen LogP contribution in [-0.2, 0) is 9.59 Å². The molecule has 4 nitrogen and oxygen atoms in total. The minimum absolute atomic E-state index is 0.00293. The van der Waals surface area contributed by atoms with Crippen LogP contribution in [-0.4, -0.2) is 18.4 Å². The fraction of sp³-hybridized carbons (Fsp3) is 0.467. The van der Waals surface area contributed by atoms with Crippen LogP contribution in [0, 0.1) is 5.41 Å². The molecule has 0 aromatic heterocycles. The van der Waals surface area contributed by atoms with Gasteiger partial charge in [-0.1, -0.05) is 31.4 Å². The van der Waals surface area contributed by atoms with Crippen molar-refractivity contribution in [2.24, 2.45) is 5.41 Å². The summed E-state index contributed by atoms with van der Waals surface area (Å²) < 4.78 is 0. The van der Waals surface area contributed by atoms with E-state index in [-0.39, 0.29) is 23.8 Å². The average Bonchev–Trinajstić information content (AvgIpc) is 2.87. The number of amides is 2. The van der Waals surface area contributed by atoms with Crippen molar-refractivity contribution in [1.29, 1.82) is 0 Å². The number of hydrogen-bond acceptors (Lipinski definition) is 2. The van der Waals surface area contributed by atoms with Crippen molar-refractivity contribution in [3.63, 3.8) is 0 Å². The molecule has 0 aliphatic heterocycles. The average molecular weight is 295 g/mol. The van der Waals surface area contributed by atoms with Crippen LogP contribution in [0.2, 0.25) is 5.02 Å². The van der Waals surface area contributed by atoms with E-state index in [1.54, 1.807) is 24.3 Å². The van der Waals surface area contributed by atoms with E-state index < -0.39 is 0 Å². The third-order valence-corrected chi connectivity index (χ3v) is 4.04. The predicted molar refractivity (Wildman–Crippen MR) is 79.7 cm³/mol. The molecule has 2 amide bonds. The van der Waals surface area contributed by atoms with Crippen LogP contribution >= 0.6 is 11.6 Å². The van der Waals surface area contributed by atoms with Crippen LogP contribution in [0.1, 0.15) is 32.6 Å². The molecule has 1 fully saturated rings. The van der Waals surface area contributed by atoms with Gasteiger partial charge in [-0.15, -0.1) is 0 Å². The Labute approximate surface area is 123 Å². The predicted octanol–water partition coefficient (Wildman–Crippen LogP) is 2.98. The summed E-state index contributed by atoms with van der Waals surface area (Å²) in [7, 11) is 0. The lowest BCUT2D eigenvalue weighted by molar-refractivity contribution is -0.131. The second kappa shape index (κ2) is 6.27. The second-order valence-corrected chi connectivity index (χ2v) is 5.94. The minimum Gasteiger partial charge on any atom is -0.347 e. The number of carbonyl (C=O) groups excluding carboxylic acids is 2. The number of benzene rings is 1. The smallest absolute Gasteiger partial charge is 0.243 e. The molecule has 108 valence electrons. The number of rotatable bonds is 4. The number of hydrogen-bond donors (Lipinski definition) is 2. The highest BCUT2D eigenvalue weighted by Gasteiger charge is 2.36. The van der Waals surface area contributed by atoms with Gasteiger partial charge in [-0.05, 0) is 37.1 Å². The summed E-state index contributed by atoms with van der Waals surface area (Å²) in [5, 5.41) is 6.05. The zero-order chi connectivity index (χ0) is 14.6. The first kappa shape index (κ1) is 14.9. The summed E-state index contributed by atoms with van der Waals surface area (Å²) >= 11 is 5.77. The van der Waals surface area contributed by atoms with Gasteiger partial charge in [0.2, 0.25) is 11.8 Å². The summed E-state index contributed by atoms with van der Waals surface area (Å²) in [6.07, 6.45) is 3.97. The largest absolute Gasteiger partial charge is 0.347 e. The quantitative estimate of drug-likeness (QED) is 0.897. The first-order chi connectivity index (χ1) is 9.49. The second-order valence-electron chi connectivity index (χ2n) is 5.51. The van der Waals surface area contributed by atoms with Gasteiger partial charge in [-0.25, -0.2) is 0 Å². The molecule has 1 saturated carbocycles. The van der Waals surface area contributed by atoms with Gasteiger partial charge >= 0.3 is 0 Å². The molecule has 5 heteroatoms. The Morgan fingerprint density at radius 1 is 1.20 bits per heavy atom. The van der Waals surface area contributed by atoms with Crippen molar-refractivity contribution in [3.05, 3.63) is 29.3 Å². The maximum Gasteiger partial charge on any atom is 0.243 e. The van der Waals surface area contributed by atoms with Crippen molar-refractivity contribution in [2.45, 2.75) is 32.6 Å². The van der Waals surface area contributed by atoms with Crippen LogP contribution in [0.5, 0.6) is 0 Å². The SMILES string of the molecule is CC1(C(=O)NCC(=O)Nc2ccc(Cl)cc2)CCCC1. The molecule has 1 aromatic rings. The Morgan fingerprint density at radius 2 is 1.80 bits per heavy atom. The van der Waals surface area contributed by atoms with Crippen LogP contribution < -0.4 is 10.6 Å². The summed E-state index contributed by atoms with van der Waals surface area (Å²) in [4.78, 5) is 23.8. The van der Waals surface area contributed by atoms with Crippen molar-refractivity contribution < 1.29 is 9.59 Å². The first-order valence-electron chi connectivity index (χ1n) is 6.83. The third-order valence-electron chi connectivity index (χ3n) is 3.79. The van der Waals surface area contributed by atoms with Crippen molar-refractivity contribution in [1.82, 2.24) is 5.32 Å². The molecule has 0 saturated heterocycles. The minimum atomic E-state index is -0.305. The van der Waals surface area contributed by atoms with Gasteiger partial charge in [-0.2, -0.15) is 0 Å². The maximum atomic E-state index is 12.1. The monoisotopic (exact) mass is 294 g/mol.